The molecule has 0 spiro atoms. The largest absolute Gasteiger partial charge is 0.389 e. The van der Waals surface area contributed by atoms with Gasteiger partial charge in [0.15, 0.2) is 0 Å². The molecule has 0 bridgehead atoms. The quantitative estimate of drug-likeness (QED) is 0.889. The molecule has 2 aromatic carbocycles. The van der Waals surface area contributed by atoms with Crippen LogP contribution in [0.3, 0.4) is 0 Å². The zero-order valence-electron chi connectivity index (χ0n) is 11.1. The maximum atomic E-state index is 9.48. The predicted octanol–water partition coefficient (Wildman–Crippen LogP) is 3.47. The summed E-state index contributed by atoms with van der Waals surface area (Å²) in [7, 11) is 4.07. The first kappa shape index (κ1) is 12.7. The second-order valence-electron chi connectivity index (χ2n) is 4.74. The Balaban J connectivity index is 2.25. The first-order valence-electron chi connectivity index (χ1n) is 6.13. The van der Waals surface area contributed by atoms with Crippen molar-refractivity contribution in [3.8, 4) is 11.1 Å². The summed E-state index contributed by atoms with van der Waals surface area (Å²) in [5, 5.41) is 9.48. The first-order valence-corrected chi connectivity index (χ1v) is 6.13. The third-order valence-corrected chi connectivity index (χ3v) is 3.11. The monoisotopic (exact) mass is 241 g/mol. The number of hydrogen-bond acceptors (Lipinski definition) is 2. The van der Waals surface area contributed by atoms with E-state index >= 15 is 0 Å². The molecule has 0 radical (unpaired) electrons. The zero-order chi connectivity index (χ0) is 13.1. The normalized spacial score (nSPS) is 12.2. The molecule has 1 atom stereocenters. The molecule has 2 nitrogen and oxygen atoms in total. The summed E-state index contributed by atoms with van der Waals surface area (Å²) in [6.45, 7) is 1.78. The van der Waals surface area contributed by atoms with E-state index in [2.05, 4.69) is 29.2 Å². The minimum atomic E-state index is -0.407. The van der Waals surface area contributed by atoms with Crippen LogP contribution in [-0.2, 0) is 0 Å². The number of aliphatic hydroxyl groups is 1. The van der Waals surface area contributed by atoms with Gasteiger partial charge < -0.3 is 10.0 Å². The number of nitrogens with zero attached hydrogens (tertiary/aromatic N) is 1. The van der Waals surface area contributed by atoms with Crippen LogP contribution >= 0.6 is 0 Å². The van der Waals surface area contributed by atoms with E-state index in [1.54, 1.807) is 6.92 Å². The van der Waals surface area contributed by atoms with Gasteiger partial charge >= 0.3 is 0 Å². The van der Waals surface area contributed by atoms with Crippen LogP contribution in [0.4, 0.5) is 5.69 Å². The van der Waals surface area contributed by atoms with Gasteiger partial charge in [0.05, 0.1) is 6.10 Å². The summed E-state index contributed by atoms with van der Waals surface area (Å²) < 4.78 is 0. The van der Waals surface area contributed by atoms with E-state index in [0.717, 1.165) is 5.56 Å². The summed E-state index contributed by atoms with van der Waals surface area (Å²) >= 11 is 0. The molecule has 1 unspecified atom stereocenters. The molecule has 0 heterocycles. The van der Waals surface area contributed by atoms with Gasteiger partial charge in [-0.3, -0.25) is 0 Å². The SMILES string of the molecule is CC(O)c1ccc(-c2ccc(N(C)C)cc2)cc1. The number of aliphatic hydroxyl groups excluding tert-OH is 1. The Kier molecular flexibility index (Phi) is 3.68. The highest BCUT2D eigenvalue weighted by Crippen LogP contribution is 2.24. The van der Waals surface area contributed by atoms with E-state index in [9.17, 15) is 5.11 Å². The molecule has 0 fully saturated rings. The van der Waals surface area contributed by atoms with Gasteiger partial charge in [0.2, 0.25) is 0 Å². The van der Waals surface area contributed by atoms with Gasteiger partial charge in [-0.15, -0.1) is 0 Å². The third kappa shape index (κ3) is 2.71. The van der Waals surface area contributed by atoms with Crippen LogP contribution in [0.1, 0.15) is 18.6 Å². The van der Waals surface area contributed by atoms with Crippen molar-refractivity contribution in [1.29, 1.82) is 0 Å². The topological polar surface area (TPSA) is 23.5 Å². The molecule has 0 aromatic heterocycles. The fraction of sp³-hybridized carbons (Fsp3) is 0.250. The van der Waals surface area contributed by atoms with Gasteiger partial charge in [-0.25, -0.2) is 0 Å². The maximum Gasteiger partial charge on any atom is 0.0761 e. The molecule has 0 aliphatic heterocycles. The van der Waals surface area contributed by atoms with Gasteiger partial charge in [-0.05, 0) is 35.7 Å². The summed E-state index contributed by atoms with van der Waals surface area (Å²) in [6.07, 6.45) is -0.407. The Bertz CT molecular complexity index is 448. The van der Waals surface area contributed by atoms with Gasteiger partial charge in [0, 0.05) is 19.8 Å². The van der Waals surface area contributed by atoms with E-state index in [4.69, 9.17) is 0 Å². The summed E-state index contributed by atoms with van der Waals surface area (Å²) in [5.41, 5.74) is 4.51. The number of benzene rings is 2. The lowest BCUT2D eigenvalue weighted by Gasteiger charge is -2.13. The van der Waals surface area contributed by atoms with Crippen LogP contribution < -0.4 is 4.90 Å². The standard InChI is InChI=1S/C16H19NO/c1-12(18)13-4-6-14(7-5-13)15-8-10-16(11-9-15)17(2)3/h4-12,18H,1-3H3. The molecular weight excluding hydrogens is 222 g/mol. The lowest BCUT2D eigenvalue weighted by molar-refractivity contribution is 0.199. The Hall–Kier alpha value is -1.80. The Labute approximate surface area is 109 Å². The smallest absolute Gasteiger partial charge is 0.0761 e. The van der Waals surface area contributed by atoms with E-state index in [0.29, 0.717) is 0 Å². The molecule has 1 N–H and O–H groups in total. The van der Waals surface area contributed by atoms with Crippen LogP contribution in [0.15, 0.2) is 48.5 Å². The zero-order valence-corrected chi connectivity index (χ0v) is 11.1. The van der Waals surface area contributed by atoms with Crippen LogP contribution in [0, 0.1) is 0 Å². The molecule has 0 aliphatic carbocycles. The van der Waals surface area contributed by atoms with Crippen molar-refractivity contribution in [2.24, 2.45) is 0 Å². The highest BCUT2D eigenvalue weighted by atomic mass is 16.3. The second-order valence-corrected chi connectivity index (χ2v) is 4.74. The Morgan fingerprint density at radius 1 is 0.833 bits per heavy atom. The summed E-state index contributed by atoms with van der Waals surface area (Å²) in [4.78, 5) is 2.08. The average molecular weight is 241 g/mol. The average Bonchev–Trinajstić information content (AvgIpc) is 2.39. The van der Waals surface area contributed by atoms with E-state index in [1.807, 2.05) is 38.4 Å². The Morgan fingerprint density at radius 3 is 1.67 bits per heavy atom. The number of anilines is 1. The highest BCUT2D eigenvalue weighted by molar-refractivity contribution is 5.66. The van der Waals surface area contributed by atoms with E-state index in [-0.39, 0.29) is 0 Å². The molecule has 94 valence electrons. The molecule has 2 heteroatoms. The number of hydrogen-bond donors (Lipinski definition) is 1. The van der Waals surface area contributed by atoms with Crippen molar-refractivity contribution in [1.82, 2.24) is 0 Å². The first-order chi connectivity index (χ1) is 8.58. The lowest BCUT2D eigenvalue weighted by atomic mass is 10.0. The minimum Gasteiger partial charge on any atom is -0.389 e. The van der Waals surface area contributed by atoms with Crippen molar-refractivity contribution in [3.05, 3.63) is 54.1 Å². The van der Waals surface area contributed by atoms with Gasteiger partial charge in [-0.2, -0.15) is 0 Å². The lowest BCUT2D eigenvalue weighted by Crippen LogP contribution is -2.07. The van der Waals surface area contributed by atoms with Crippen molar-refractivity contribution in [2.75, 3.05) is 19.0 Å². The molecule has 0 saturated carbocycles. The van der Waals surface area contributed by atoms with Crippen LogP contribution in [0.5, 0.6) is 0 Å². The van der Waals surface area contributed by atoms with Crippen LogP contribution in [-0.4, -0.2) is 19.2 Å². The van der Waals surface area contributed by atoms with E-state index < -0.39 is 6.10 Å². The molecule has 0 saturated heterocycles. The Morgan fingerprint density at radius 2 is 1.28 bits per heavy atom. The van der Waals surface area contributed by atoms with Crippen molar-refractivity contribution >= 4 is 5.69 Å². The third-order valence-electron chi connectivity index (χ3n) is 3.11. The molecular formula is C16H19NO. The predicted molar refractivity (Wildman–Crippen MR) is 76.8 cm³/mol. The van der Waals surface area contributed by atoms with Crippen LogP contribution in [0.2, 0.25) is 0 Å². The molecule has 18 heavy (non-hydrogen) atoms. The van der Waals surface area contributed by atoms with Crippen molar-refractivity contribution in [2.45, 2.75) is 13.0 Å². The highest BCUT2D eigenvalue weighted by Gasteiger charge is 2.02. The molecule has 0 amide bonds. The van der Waals surface area contributed by atoms with Gasteiger partial charge in [0.25, 0.3) is 0 Å². The summed E-state index contributed by atoms with van der Waals surface area (Å²) in [5.74, 6) is 0. The molecule has 2 rings (SSSR count). The van der Waals surface area contributed by atoms with Crippen molar-refractivity contribution in [3.63, 3.8) is 0 Å². The van der Waals surface area contributed by atoms with Gasteiger partial charge in [-0.1, -0.05) is 36.4 Å². The number of rotatable bonds is 3. The maximum absolute atomic E-state index is 9.48. The second kappa shape index (κ2) is 5.23. The molecule has 2 aromatic rings. The molecule has 0 aliphatic rings. The minimum absolute atomic E-state index is 0.407. The van der Waals surface area contributed by atoms with E-state index in [1.165, 1.54) is 16.8 Å². The fourth-order valence-corrected chi connectivity index (χ4v) is 1.91. The van der Waals surface area contributed by atoms with Gasteiger partial charge in [0.1, 0.15) is 0 Å². The summed E-state index contributed by atoms with van der Waals surface area (Å²) in [6, 6.07) is 16.5. The van der Waals surface area contributed by atoms with Crippen LogP contribution in [0.25, 0.3) is 11.1 Å². The fourth-order valence-electron chi connectivity index (χ4n) is 1.91. The van der Waals surface area contributed by atoms with Crippen molar-refractivity contribution < 1.29 is 5.11 Å².